The van der Waals surface area contributed by atoms with Crippen molar-refractivity contribution in [1.29, 1.82) is 0 Å². The molecule has 0 amide bonds. The number of thiophene rings is 1. The van der Waals surface area contributed by atoms with Crippen LogP contribution in [-0.2, 0) is 11.2 Å². The molecule has 98 valence electrons. The number of likely N-dealkylation sites (N-methyl/N-ethyl adjacent to an activating group) is 1. The average Bonchev–Trinajstić information content (AvgIpc) is 2.81. The Morgan fingerprint density at radius 2 is 2.17 bits per heavy atom. The van der Waals surface area contributed by atoms with Gasteiger partial charge in [-0.1, -0.05) is 18.2 Å². The summed E-state index contributed by atoms with van der Waals surface area (Å²) in [6.45, 7) is 0.850. The van der Waals surface area contributed by atoms with Crippen molar-refractivity contribution in [3.63, 3.8) is 0 Å². The SMILES string of the molecule is CNC(CCCOC)Cc1csc2ccccc12. The van der Waals surface area contributed by atoms with E-state index in [9.17, 15) is 0 Å². The fraction of sp³-hybridized carbons (Fsp3) is 0.467. The van der Waals surface area contributed by atoms with E-state index >= 15 is 0 Å². The van der Waals surface area contributed by atoms with Crippen LogP contribution in [-0.4, -0.2) is 26.8 Å². The molecule has 1 N–H and O–H groups in total. The monoisotopic (exact) mass is 263 g/mol. The third-order valence-electron chi connectivity index (χ3n) is 3.34. The number of benzene rings is 1. The Hall–Kier alpha value is -0.900. The topological polar surface area (TPSA) is 21.3 Å². The molecule has 0 radical (unpaired) electrons. The van der Waals surface area contributed by atoms with Crippen molar-refractivity contribution >= 4 is 21.4 Å². The van der Waals surface area contributed by atoms with E-state index in [-0.39, 0.29) is 0 Å². The Bertz CT molecular complexity index is 480. The largest absolute Gasteiger partial charge is 0.385 e. The number of ether oxygens (including phenoxy) is 1. The average molecular weight is 263 g/mol. The first kappa shape index (κ1) is 13.5. The highest BCUT2D eigenvalue weighted by Gasteiger charge is 2.10. The molecule has 0 bridgehead atoms. The maximum Gasteiger partial charge on any atom is 0.0462 e. The first-order valence-electron chi connectivity index (χ1n) is 6.46. The second-order valence-electron chi connectivity index (χ2n) is 4.58. The summed E-state index contributed by atoms with van der Waals surface area (Å²) in [6, 6.07) is 9.19. The summed E-state index contributed by atoms with van der Waals surface area (Å²) in [5.41, 5.74) is 1.47. The van der Waals surface area contributed by atoms with Crippen molar-refractivity contribution in [2.75, 3.05) is 20.8 Å². The molecule has 2 rings (SSSR count). The summed E-state index contributed by atoms with van der Waals surface area (Å²) >= 11 is 1.84. The third-order valence-corrected chi connectivity index (χ3v) is 4.35. The van der Waals surface area contributed by atoms with Crippen LogP contribution in [0.15, 0.2) is 29.6 Å². The minimum atomic E-state index is 0.540. The van der Waals surface area contributed by atoms with Gasteiger partial charge in [-0.2, -0.15) is 0 Å². The summed E-state index contributed by atoms with van der Waals surface area (Å²) in [5.74, 6) is 0. The van der Waals surface area contributed by atoms with Crippen LogP contribution in [0.1, 0.15) is 18.4 Å². The molecule has 0 aliphatic heterocycles. The quantitative estimate of drug-likeness (QED) is 0.772. The van der Waals surface area contributed by atoms with E-state index in [1.165, 1.54) is 15.6 Å². The fourth-order valence-corrected chi connectivity index (χ4v) is 3.25. The normalized spacial score (nSPS) is 13.0. The molecule has 1 aromatic heterocycles. The van der Waals surface area contributed by atoms with Gasteiger partial charge in [-0.15, -0.1) is 11.3 Å². The Labute approximate surface area is 113 Å². The molecule has 1 unspecified atom stereocenters. The summed E-state index contributed by atoms with van der Waals surface area (Å²) in [7, 11) is 3.81. The predicted octanol–water partition coefficient (Wildman–Crippen LogP) is 3.46. The number of hydrogen-bond acceptors (Lipinski definition) is 3. The molecule has 0 aliphatic rings. The highest BCUT2D eigenvalue weighted by molar-refractivity contribution is 7.17. The minimum absolute atomic E-state index is 0.540. The first-order chi connectivity index (χ1) is 8.85. The lowest BCUT2D eigenvalue weighted by molar-refractivity contribution is 0.189. The van der Waals surface area contributed by atoms with Crippen LogP contribution >= 0.6 is 11.3 Å². The van der Waals surface area contributed by atoms with Crippen LogP contribution in [0.4, 0.5) is 0 Å². The second-order valence-corrected chi connectivity index (χ2v) is 5.49. The maximum absolute atomic E-state index is 5.12. The molecule has 2 nitrogen and oxygen atoms in total. The number of methoxy groups -OCH3 is 1. The second kappa shape index (κ2) is 6.88. The van der Waals surface area contributed by atoms with Gasteiger partial charge in [-0.05, 0) is 48.7 Å². The fourth-order valence-electron chi connectivity index (χ4n) is 2.28. The summed E-state index contributed by atoms with van der Waals surface area (Å²) in [6.07, 6.45) is 3.38. The smallest absolute Gasteiger partial charge is 0.0462 e. The van der Waals surface area contributed by atoms with E-state index in [1.807, 2.05) is 18.4 Å². The van der Waals surface area contributed by atoms with Crippen LogP contribution in [0.3, 0.4) is 0 Å². The molecular formula is C15H21NOS. The van der Waals surface area contributed by atoms with Gasteiger partial charge in [0.1, 0.15) is 0 Å². The van der Waals surface area contributed by atoms with Crippen molar-refractivity contribution in [1.82, 2.24) is 5.32 Å². The van der Waals surface area contributed by atoms with E-state index in [1.54, 1.807) is 7.11 Å². The zero-order chi connectivity index (χ0) is 12.8. The lowest BCUT2D eigenvalue weighted by atomic mass is 10.0. The Kier molecular flexibility index (Phi) is 5.17. The lowest BCUT2D eigenvalue weighted by Crippen LogP contribution is -2.27. The molecule has 0 aliphatic carbocycles. The maximum atomic E-state index is 5.12. The van der Waals surface area contributed by atoms with E-state index in [4.69, 9.17) is 4.74 Å². The van der Waals surface area contributed by atoms with Gasteiger partial charge in [0.15, 0.2) is 0 Å². The number of rotatable bonds is 7. The molecular weight excluding hydrogens is 242 g/mol. The molecule has 3 heteroatoms. The Morgan fingerprint density at radius 1 is 1.33 bits per heavy atom. The highest BCUT2D eigenvalue weighted by Crippen LogP contribution is 2.26. The standard InChI is InChI=1S/C15H21NOS/c1-16-13(6-5-9-17-2)10-12-11-18-15-8-4-3-7-14(12)15/h3-4,7-8,11,13,16H,5-6,9-10H2,1-2H3. The van der Waals surface area contributed by atoms with Crippen LogP contribution in [0.2, 0.25) is 0 Å². The van der Waals surface area contributed by atoms with Crippen LogP contribution in [0, 0.1) is 0 Å². The van der Waals surface area contributed by atoms with Gasteiger partial charge < -0.3 is 10.1 Å². The number of hydrogen-bond donors (Lipinski definition) is 1. The van der Waals surface area contributed by atoms with E-state index in [2.05, 4.69) is 35.0 Å². The summed E-state index contributed by atoms with van der Waals surface area (Å²) in [4.78, 5) is 0. The molecule has 1 atom stereocenters. The first-order valence-corrected chi connectivity index (χ1v) is 7.34. The molecule has 0 spiro atoms. The molecule has 0 saturated heterocycles. The molecule has 1 heterocycles. The molecule has 2 aromatic rings. The van der Waals surface area contributed by atoms with Crippen LogP contribution < -0.4 is 5.32 Å². The summed E-state index contributed by atoms with van der Waals surface area (Å²) in [5, 5.41) is 7.12. The van der Waals surface area contributed by atoms with Crippen molar-refractivity contribution < 1.29 is 4.74 Å². The predicted molar refractivity (Wildman–Crippen MR) is 79.5 cm³/mol. The lowest BCUT2D eigenvalue weighted by Gasteiger charge is -2.15. The van der Waals surface area contributed by atoms with Crippen molar-refractivity contribution in [2.45, 2.75) is 25.3 Å². The Morgan fingerprint density at radius 3 is 2.94 bits per heavy atom. The highest BCUT2D eigenvalue weighted by atomic mass is 32.1. The number of fused-ring (bicyclic) bond motifs is 1. The van der Waals surface area contributed by atoms with Gasteiger partial charge >= 0.3 is 0 Å². The van der Waals surface area contributed by atoms with E-state index in [0.717, 1.165) is 25.9 Å². The van der Waals surface area contributed by atoms with Gasteiger partial charge in [-0.3, -0.25) is 0 Å². The van der Waals surface area contributed by atoms with Gasteiger partial charge in [0, 0.05) is 24.5 Å². The molecule has 0 fully saturated rings. The molecule has 1 aromatic carbocycles. The van der Waals surface area contributed by atoms with Crippen molar-refractivity contribution in [3.8, 4) is 0 Å². The minimum Gasteiger partial charge on any atom is -0.385 e. The van der Waals surface area contributed by atoms with E-state index in [0.29, 0.717) is 6.04 Å². The zero-order valence-corrected chi connectivity index (χ0v) is 11.9. The number of nitrogens with one attached hydrogen (secondary N) is 1. The van der Waals surface area contributed by atoms with Gasteiger partial charge in [-0.25, -0.2) is 0 Å². The van der Waals surface area contributed by atoms with Gasteiger partial charge in [0.05, 0.1) is 0 Å². The van der Waals surface area contributed by atoms with Crippen LogP contribution in [0.25, 0.3) is 10.1 Å². The van der Waals surface area contributed by atoms with E-state index < -0.39 is 0 Å². The van der Waals surface area contributed by atoms with Crippen LogP contribution in [0.5, 0.6) is 0 Å². The van der Waals surface area contributed by atoms with Crippen molar-refractivity contribution in [2.24, 2.45) is 0 Å². The zero-order valence-electron chi connectivity index (χ0n) is 11.1. The van der Waals surface area contributed by atoms with Gasteiger partial charge in [0.2, 0.25) is 0 Å². The molecule has 18 heavy (non-hydrogen) atoms. The van der Waals surface area contributed by atoms with Crippen molar-refractivity contribution in [3.05, 3.63) is 35.2 Å². The van der Waals surface area contributed by atoms with Gasteiger partial charge in [0.25, 0.3) is 0 Å². The summed E-state index contributed by atoms with van der Waals surface area (Å²) < 4.78 is 6.50. The third kappa shape index (κ3) is 3.31. The Balaban J connectivity index is 2.02. The molecule has 0 saturated carbocycles.